The van der Waals surface area contributed by atoms with Crippen LogP contribution in [-0.2, 0) is 22.5 Å². The number of hydrogen-bond donors (Lipinski definition) is 1. The van der Waals surface area contributed by atoms with Gasteiger partial charge in [-0.1, -0.05) is 0 Å². The molecule has 5 nitrogen and oxygen atoms in total. The van der Waals surface area contributed by atoms with E-state index in [2.05, 4.69) is 0 Å². The second kappa shape index (κ2) is 4.85. The number of ether oxygens (including phenoxy) is 2. The second-order valence-electron chi connectivity index (χ2n) is 3.60. The largest absolute Gasteiger partial charge is 0.462 e. The summed E-state index contributed by atoms with van der Waals surface area (Å²) in [5.41, 5.74) is 6.47. The van der Waals surface area contributed by atoms with Crippen LogP contribution < -0.4 is 5.73 Å². The molecular weight excluding hydrogens is 242 g/mol. The Labute approximate surface area is 103 Å². The molecule has 0 aromatic carbocycles. The van der Waals surface area contributed by atoms with Crippen molar-refractivity contribution >= 4 is 23.2 Å². The van der Waals surface area contributed by atoms with Crippen LogP contribution in [0.4, 0.5) is 0 Å². The van der Waals surface area contributed by atoms with E-state index in [1.165, 1.54) is 11.3 Å². The fourth-order valence-electron chi connectivity index (χ4n) is 1.83. The van der Waals surface area contributed by atoms with Crippen molar-refractivity contribution in [2.24, 2.45) is 5.73 Å². The van der Waals surface area contributed by atoms with Crippen molar-refractivity contribution in [3.8, 4) is 0 Å². The Morgan fingerprint density at radius 3 is 2.94 bits per heavy atom. The molecule has 0 aliphatic carbocycles. The van der Waals surface area contributed by atoms with Gasteiger partial charge in [-0.3, -0.25) is 4.79 Å². The van der Waals surface area contributed by atoms with Gasteiger partial charge in [-0.2, -0.15) is 0 Å². The van der Waals surface area contributed by atoms with Crippen LogP contribution in [0.2, 0.25) is 0 Å². The zero-order valence-corrected chi connectivity index (χ0v) is 10.3. The molecule has 0 atom stereocenters. The zero-order chi connectivity index (χ0) is 12.4. The van der Waals surface area contributed by atoms with Crippen molar-refractivity contribution in [2.45, 2.75) is 20.0 Å². The fraction of sp³-hybridized carbons (Fsp3) is 0.455. The number of rotatable bonds is 3. The highest BCUT2D eigenvalue weighted by Crippen LogP contribution is 2.32. The number of primary amides is 1. The van der Waals surface area contributed by atoms with Crippen LogP contribution in [0.1, 0.15) is 37.4 Å². The summed E-state index contributed by atoms with van der Waals surface area (Å²) in [4.78, 5) is 24.3. The van der Waals surface area contributed by atoms with E-state index in [9.17, 15) is 9.59 Å². The van der Waals surface area contributed by atoms with E-state index < -0.39 is 11.9 Å². The van der Waals surface area contributed by atoms with Crippen molar-refractivity contribution in [1.29, 1.82) is 0 Å². The van der Waals surface area contributed by atoms with E-state index >= 15 is 0 Å². The molecule has 17 heavy (non-hydrogen) atoms. The predicted molar refractivity (Wildman–Crippen MR) is 62.2 cm³/mol. The molecule has 6 heteroatoms. The van der Waals surface area contributed by atoms with Gasteiger partial charge < -0.3 is 15.2 Å². The molecule has 0 saturated carbocycles. The Bertz CT molecular complexity index is 466. The number of carbonyl (C=O) groups excluding carboxylic acids is 2. The third-order valence-electron chi connectivity index (χ3n) is 2.52. The summed E-state index contributed by atoms with van der Waals surface area (Å²) in [6.45, 7) is 2.98. The highest BCUT2D eigenvalue weighted by Gasteiger charge is 2.28. The van der Waals surface area contributed by atoms with Gasteiger partial charge >= 0.3 is 5.97 Å². The van der Waals surface area contributed by atoms with Crippen LogP contribution in [0.5, 0.6) is 0 Å². The third kappa shape index (κ3) is 2.18. The predicted octanol–water partition coefficient (Wildman–Crippen LogP) is 1.10. The maximum absolute atomic E-state index is 11.8. The van der Waals surface area contributed by atoms with Crippen LogP contribution in [0.3, 0.4) is 0 Å². The van der Waals surface area contributed by atoms with Crippen molar-refractivity contribution in [3.63, 3.8) is 0 Å². The van der Waals surface area contributed by atoms with Crippen LogP contribution in [0, 0.1) is 0 Å². The topological polar surface area (TPSA) is 78.6 Å². The maximum Gasteiger partial charge on any atom is 0.340 e. The lowest BCUT2D eigenvalue weighted by Gasteiger charge is -2.13. The van der Waals surface area contributed by atoms with Gasteiger partial charge in [-0.05, 0) is 18.9 Å². The minimum absolute atomic E-state index is 0.276. The highest BCUT2D eigenvalue weighted by atomic mass is 32.1. The van der Waals surface area contributed by atoms with E-state index in [4.69, 9.17) is 15.2 Å². The smallest absolute Gasteiger partial charge is 0.340 e. The quantitative estimate of drug-likeness (QED) is 0.820. The first kappa shape index (κ1) is 12.1. The van der Waals surface area contributed by atoms with Gasteiger partial charge in [0, 0.05) is 4.88 Å². The average Bonchev–Trinajstić information content (AvgIpc) is 2.68. The van der Waals surface area contributed by atoms with Gasteiger partial charge in [0.15, 0.2) is 0 Å². The molecule has 0 bridgehead atoms. The lowest BCUT2D eigenvalue weighted by Crippen LogP contribution is -2.17. The molecule has 1 aromatic rings. The van der Waals surface area contributed by atoms with Crippen LogP contribution >= 0.6 is 11.3 Å². The SMILES string of the molecule is CCOC(=O)c1c(C(N)=O)sc2c1CCOC2. The Hall–Kier alpha value is -1.40. The minimum Gasteiger partial charge on any atom is -0.462 e. The molecule has 0 unspecified atom stereocenters. The number of carbonyl (C=O) groups is 2. The summed E-state index contributed by atoms with van der Waals surface area (Å²) in [5.74, 6) is -1.06. The molecule has 1 amide bonds. The van der Waals surface area contributed by atoms with Crippen molar-refractivity contribution in [1.82, 2.24) is 0 Å². The number of esters is 1. The molecule has 0 radical (unpaired) electrons. The Kier molecular flexibility index (Phi) is 3.44. The summed E-state index contributed by atoms with van der Waals surface area (Å²) < 4.78 is 10.3. The number of hydrogen-bond acceptors (Lipinski definition) is 5. The Morgan fingerprint density at radius 2 is 2.29 bits per heavy atom. The van der Waals surface area contributed by atoms with Crippen molar-refractivity contribution in [3.05, 3.63) is 20.9 Å². The minimum atomic E-state index is -0.590. The lowest BCUT2D eigenvalue weighted by atomic mass is 10.0. The van der Waals surface area contributed by atoms with Gasteiger partial charge in [0.05, 0.1) is 25.4 Å². The zero-order valence-electron chi connectivity index (χ0n) is 9.45. The number of fused-ring (bicyclic) bond motifs is 1. The normalized spacial score (nSPS) is 14.2. The monoisotopic (exact) mass is 255 g/mol. The van der Waals surface area contributed by atoms with Crippen molar-refractivity contribution in [2.75, 3.05) is 13.2 Å². The molecule has 0 fully saturated rings. The van der Waals surface area contributed by atoms with Gasteiger partial charge in [0.1, 0.15) is 4.88 Å². The number of nitrogens with two attached hydrogens (primary N) is 1. The summed E-state index contributed by atoms with van der Waals surface area (Å²) in [5, 5.41) is 0. The molecule has 0 spiro atoms. The lowest BCUT2D eigenvalue weighted by molar-refractivity contribution is 0.0519. The van der Waals surface area contributed by atoms with Crippen molar-refractivity contribution < 1.29 is 19.1 Å². The van der Waals surface area contributed by atoms with Gasteiger partial charge in [-0.15, -0.1) is 11.3 Å². The van der Waals surface area contributed by atoms with E-state index in [0.717, 1.165) is 10.4 Å². The van der Waals surface area contributed by atoms with E-state index in [0.29, 0.717) is 25.2 Å². The van der Waals surface area contributed by atoms with E-state index in [1.54, 1.807) is 6.92 Å². The molecule has 1 aromatic heterocycles. The fourth-order valence-corrected chi connectivity index (χ4v) is 2.95. The maximum atomic E-state index is 11.8. The van der Waals surface area contributed by atoms with Gasteiger partial charge in [0.2, 0.25) is 0 Å². The van der Waals surface area contributed by atoms with E-state index in [1.807, 2.05) is 0 Å². The second-order valence-corrected chi connectivity index (χ2v) is 4.70. The number of thiophene rings is 1. The van der Waals surface area contributed by atoms with Gasteiger partial charge in [-0.25, -0.2) is 4.79 Å². The summed E-state index contributed by atoms with van der Waals surface area (Å²) in [7, 11) is 0. The van der Waals surface area contributed by atoms with E-state index in [-0.39, 0.29) is 11.5 Å². The summed E-state index contributed by atoms with van der Waals surface area (Å²) in [6, 6.07) is 0. The standard InChI is InChI=1S/C11H13NO4S/c1-2-16-11(14)8-6-3-4-15-5-7(6)17-9(8)10(12)13/h2-5H2,1H3,(H2,12,13). The van der Waals surface area contributed by atoms with Crippen LogP contribution in [-0.4, -0.2) is 25.1 Å². The third-order valence-corrected chi connectivity index (χ3v) is 3.74. The molecule has 2 rings (SSSR count). The molecule has 2 heterocycles. The summed E-state index contributed by atoms with van der Waals surface area (Å²) >= 11 is 1.22. The summed E-state index contributed by atoms with van der Waals surface area (Å²) in [6.07, 6.45) is 0.618. The molecule has 0 saturated heterocycles. The van der Waals surface area contributed by atoms with Crippen LogP contribution in [0.15, 0.2) is 0 Å². The molecule has 2 N–H and O–H groups in total. The first-order valence-electron chi connectivity index (χ1n) is 5.34. The molecule has 92 valence electrons. The number of amides is 1. The Morgan fingerprint density at radius 1 is 1.53 bits per heavy atom. The van der Waals surface area contributed by atoms with Gasteiger partial charge in [0.25, 0.3) is 5.91 Å². The first-order valence-corrected chi connectivity index (χ1v) is 6.16. The molecular formula is C11H13NO4S. The molecule has 1 aliphatic heterocycles. The Balaban J connectivity index is 2.49. The first-order chi connectivity index (χ1) is 8.15. The molecule has 1 aliphatic rings. The van der Waals surface area contributed by atoms with Crippen LogP contribution in [0.25, 0.3) is 0 Å². The highest BCUT2D eigenvalue weighted by molar-refractivity contribution is 7.14. The average molecular weight is 255 g/mol.